The summed E-state index contributed by atoms with van der Waals surface area (Å²) in [5.41, 5.74) is 1.93. The van der Waals surface area contributed by atoms with E-state index in [0.717, 1.165) is 5.56 Å². The maximum absolute atomic E-state index is 12.9. The van der Waals surface area contributed by atoms with Crippen molar-refractivity contribution in [3.05, 3.63) is 58.5 Å². The molecule has 2 aliphatic heterocycles. The average Bonchev–Trinajstić information content (AvgIpc) is 3.13. The van der Waals surface area contributed by atoms with E-state index < -0.39 is 0 Å². The van der Waals surface area contributed by atoms with Gasteiger partial charge in [-0.25, -0.2) is 4.99 Å². The number of ether oxygens (including phenoxy) is 3. The first-order valence-electron chi connectivity index (χ1n) is 11.0. The molecular weight excluding hydrogens is 454 g/mol. The minimum atomic E-state index is -0.158. The van der Waals surface area contributed by atoms with Crippen molar-refractivity contribution in [2.75, 3.05) is 47.1 Å². The number of para-hydroxylation sites is 1. The van der Waals surface area contributed by atoms with Gasteiger partial charge in [-0.15, -0.1) is 0 Å². The molecule has 9 heteroatoms. The summed E-state index contributed by atoms with van der Waals surface area (Å²) in [5, 5.41) is 0.535. The molecule has 2 fully saturated rings. The van der Waals surface area contributed by atoms with Crippen LogP contribution in [0.5, 0.6) is 11.5 Å². The van der Waals surface area contributed by atoms with Gasteiger partial charge in [0.25, 0.3) is 11.8 Å². The highest BCUT2D eigenvalue weighted by Crippen LogP contribution is 2.37. The number of likely N-dealkylation sites (N-methyl/N-ethyl adjacent to an activating group) is 1. The number of amides is 2. The van der Waals surface area contributed by atoms with Crippen molar-refractivity contribution >= 4 is 40.5 Å². The normalized spacial score (nSPS) is 18.6. The van der Waals surface area contributed by atoms with Crippen molar-refractivity contribution in [3.8, 4) is 11.5 Å². The Morgan fingerprint density at radius 2 is 1.97 bits per heavy atom. The molecule has 0 bridgehead atoms. The lowest BCUT2D eigenvalue weighted by molar-refractivity contribution is -0.121. The minimum Gasteiger partial charge on any atom is -0.493 e. The highest BCUT2D eigenvalue weighted by atomic mass is 32.2. The quantitative estimate of drug-likeness (QED) is 0.584. The number of benzene rings is 2. The van der Waals surface area contributed by atoms with Crippen LogP contribution in [0.25, 0.3) is 6.08 Å². The van der Waals surface area contributed by atoms with E-state index in [0.29, 0.717) is 65.7 Å². The number of carbonyl (C=O) groups is 2. The van der Waals surface area contributed by atoms with Crippen LogP contribution in [-0.2, 0) is 9.53 Å². The fourth-order valence-electron chi connectivity index (χ4n) is 3.67. The second kappa shape index (κ2) is 10.8. The Labute approximate surface area is 203 Å². The Morgan fingerprint density at radius 1 is 1.21 bits per heavy atom. The number of hydrogen-bond acceptors (Lipinski definition) is 7. The fraction of sp³-hybridized carbons (Fsp3) is 0.320. The maximum Gasteiger partial charge on any atom is 0.266 e. The maximum atomic E-state index is 12.9. The summed E-state index contributed by atoms with van der Waals surface area (Å²) in [6, 6.07) is 12.7. The van der Waals surface area contributed by atoms with E-state index in [9.17, 15) is 9.59 Å². The van der Waals surface area contributed by atoms with Crippen molar-refractivity contribution in [2.45, 2.75) is 6.92 Å². The molecule has 0 radical (unpaired) electrons. The molecule has 178 valence electrons. The summed E-state index contributed by atoms with van der Waals surface area (Å²) >= 11 is 1.28. The summed E-state index contributed by atoms with van der Waals surface area (Å²) in [6.45, 7) is 4.62. The van der Waals surface area contributed by atoms with Crippen LogP contribution in [0.1, 0.15) is 22.8 Å². The zero-order valence-electron chi connectivity index (χ0n) is 19.4. The van der Waals surface area contributed by atoms with Crippen molar-refractivity contribution in [1.29, 1.82) is 0 Å². The Kier molecular flexibility index (Phi) is 7.54. The number of nitrogens with zero attached hydrogens (tertiary/aromatic N) is 3. The second-order valence-electron chi connectivity index (χ2n) is 7.64. The molecule has 0 spiro atoms. The third-order valence-electron chi connectivity index (χ3n) is 5.42. The van der Waals surface area contributed by atoms with Gasteiger partial charge in [0.15, 0.2) is 16.7 Å². The van der Waals surface area contributed by atoms with Crippen LogP contribution in [0.4, 0.5) is 5.69 Å². The van der Waals surface area contributed by atoms with Gasteiger partial charge in [0.05, 0.1) is 37.5 Å². The average molecular weight is 482 g/mol. The second-order valence-corrected chi connectivity index (χ2v) is 8.64. The third kappa shape index (κ3) is 5.10. The summed E-state index contributed by atoms with van der Waals surface area (Å²) in [6.07, 6.45) is 1.79. The molecule has 2 aromatic carbocycles. The van der Waals surface area contributed by atoms with Crippen LogP contribution in [0.2, 0.25) is 0 Å². The number of rotatable bonds is 6. The molecule has 2 heterocycles. The molecule has 0 saturated carbocycles. The summed E-state index contributed by atoms with van der Waals surface area (Å²) < 4.78 is 16.5. The molecule has 0 aromatic heterocycles. The summed E-state index contributed by atoms with van der Waals surface area (Å²) in [7, 11) is 3.27. The SMILES string of the molecule is CCOc1c(/C=C2/SC(=Nc3cccc(C(=O)N4CCOCC4)c3)N(C)C2=O)cccc1OC. The molecule has 0 unspecified atom stereocenters. The van der Waals surface area contributed by atoms with E-state index in [4.69, 9.17) is 14.2 Å². The van der Waals surface area contributed by atoms with Gasteiger partial charge in [-0.2, -0.15) is 0 Å². The zero-order chi connectivity index (χ0) is 24.1. The number of morpholine rings is 1. The van der Waals surface area contributed by atoms with Crippen molar-refractivity contribution in [1.82, 2.24) is 9.80 Å². The molecule has 0 N–H and O–H groups in total. The van der Waals surface area contributed by atoms with Gasteiger partial charge in [-0.1, -0.05) is 18.2 Å². The van der Waals surface area contributed by atoms with Crippen molar-refractivity contribution in [2.24, 2.45) is 4.99 Å². The molecule has 34 heavy (non-hydrogen) atoms. The van der Waals surface area contributed by atoms with E-state index >= 15 is 0 Å². The number of aliphatic imine (C=N–C) groups is 1. The molecule has 8 nitrogen and oxygen atoms in total. The predicted octanol–water partition coefficient (Wildman–Crippen LogP) is 3.80. The van der Waals surface area contributed by atoms with E-state index in [2.05, 4.69) is 4.99 Å². The third-order valence-corrected chi connectivity index (χ3v) is 6.48. The van der Waals surface area contributed by atoms with Gasteiger partial charge in [0.1, 0.15) is 0 Å². The van der Waals surface area contributed by atoms with Gasteiger partial charge in [-0.05, 0) is 49.0 Å². The van der Waals surface area contributed by atoms with Crippen LogP contribution < -0.4 is 9.47 Å². The lowest BCUT2D eigenvalue weighted by Crippen LogP contribution is -2.40. The Bertz CT molecular complexity index is 1140. The van der Waals surface area contributed by atoms with Gasteiger partial charge in [-0.3, -0.25) is 14.5 Å². The minimum absolute atomic E-state index is 0.0454. The number of amidine groups is 1. The van der Waals surface area contributed by atoms with E-state index in [1.54, 1.807) is 43.3 Å². The predicted molar refractivity (Wildman–Crippen MR) is 133 cm³/mol. The summed E-state index contributed by atoms with van der Waals surface area (Å²) in [4.78, 5) is 34.2. The highest BCUT2D eigenvalue weighted by Gasteiger charge is 2.31. The van der Waals surface area contributed by atoms with Gasteiger partial charge >= 0.3 is 0 Å². The molecule has 0 aliphatic carbocycles. The lowest BCUT2D eigenvalue weighted by atomic mass is 10.1. The summed E-state index contributed by atoms with van der Waals surface area (Å²) in [5.74, 6) is 0.997. The van der Waals surface area contributed by atoms with Crippen LogP contribution in [0, 0.1) is 0 Å². The van der Waals surface area contributed by atoms with Crippen molar-refractivity contribution < 1.29 is 23.8 Å². The highest BCUT2D eigenvalue weighted by molar-refractivity contribution is 8.18. The van der Waals surface area contributed by atoms with E-state index in [1.165, 1.54) is 16.7 Å². The first-order valence-corrected chi connectivity index (χ1v) is 11.9. The van der Waals surface area contributed by atoms with Crippen LogP contribution in [0.15, 0.2) is 52.4 Å². The number of hydrogen-bond donors (Lipinski definition) is 0. The Morgan fingerprint density at radius 3 is 2.71 bits per heavy atom. The van der Waals surface area contributed by atoms with Gasteiger partial charge < -0.3 is 19.1 Å². The number of methoxy groups -OCH3 is 1. The topological polar surface area (TPSA) is 80.7 Å². The van der Waals surface area contributed by atoms with E-state index in [-0.39, 0.29) is 11.8 Å². The van der Waals surface area contributed by atoms with Crippen molar-refractivity contribution in [3.63, 3.8) is 0 Å². The number of carbonyl (C=O) groups excluding carboxylic acids is 2. The lowest BCUT2D eigenvalue weighted by Gasteiger charge is -2.26. The molecule has 2 saturated heterocycles. The monoisotopic (exact) mass is 481 g/mol. The molecule has 2 amide bonds. The molecular formula is C25H27N3O5S. The smallest absolute Gasteiger partial charge is 0.266 e. The standard InChI is InChI=1S/C25H27N3O5S/c1-4-33-22-17(7-6-10-20(22)31-3)16-21-24(30)27(2)25(34-21)26-19-9-5-8-18(15-19)23(29)28-11-13-32-14-12-28/h5-10,15-16H,4,11-14H2,1-3H3/b21-16+,26-25?. The number of thioether (sulfide) groups is 1. The van der Waals surface area contributed by atoms with E-state index in [1.807, 2.05) is 31.2 Å². The fourth-order valence-corrected chi connectivity index (χ4v) is 4.64. The Hall–Kier alpha value is -3.30. The molecule has 2 aromatic rings. The zero-order valence-corrected chi connectivity index (χ0v) is 20.3. The molecule has 0 atom stereocenters. The molecule has 4 rings (SSSR count). The largest absolute Gasteiger partial charge is 0.493 e. The molecule has 2 aliphatic rings. The first-order chi connectivity index (χ1) is 16.5. The first kappa shape index (κ1) is 23.8. The van der Waals surface area contributed by atoms with Crippen LogP contribution >= 0.6 is 11.8 Å². The van der Waals surface area contributed by atoms with Gasteiger partial charge in [0, 0.05) is 31.3 Å². The van der Waals surface area contributed by atoms with Crippen LogP contribution in [0.3, 0.4) is 0 Å². The van der Waals surface area contributed by atoms with Crippen LogP contribution in [-0.4, -0.2) is 73.8 Å². The van der Waals surface area contributed by atoms with Gasteiger partial charge in [0.2, 0.25) is 0 Å². The Balaban J connectivity index is 1.59.